The first-order valence-corrected chi connectivity index (χ1v) is 8.21. The highest BCUT2D eigenvalue weighted by molar-refractivity contribution is 7.07. The molecule has 0 saturated heterocycles. The van der Waals surface area contributed by atoms with E-state index in [0.717, 1.165) is 11.1 Å². The molecular weight excluding hydrogens is 310 g/mol. The zero-order valence-electron chi connectivity index (χ0n) is 12.4. The van der Waals surface area contributed by atoms with Crippen LogP contribution in [0.3, 0.4) is 0 Å². The summed E-state index contributed by atoms with van der Waals surface area (Å²) in [6.07, 6.45) is 0.834. The number of rotatable bonds is 6. The van der Waals surface area contributed by atoms with Crippen molar-refractivity contribution in [2.24, 2.45) is 0 Å². The van der Waals surface area contributed by atoms with Crippen LogP contribution in [0, 0.1) is 0 Å². The Morgan fingerprint density at radius 3 is 2.74 bits per heavy atom. The smallest absolute Gasteiger partial charge is 0.272 e. The molecule has 3 aromatic rings. The number of nitrogens with zero attached hydrogens (tertiary/aromatic N) is 2. The van der Waals surface area contributed by atoms with Gasteiger partial charge in [0.2, 0.25) is 0 Å². The third-order valence-electron chi connectivity index (χ3n) is 3.56. The van der Waals surface area contributed by atoms with E-state index >= 15 is 0 Å². The fraction of sp³-hybridized carbons (Fsp3) is 0.176. The van der Waals surface area contributed by atoms with Gasteiger partial charge in [0.15, 0.2) is 0 Å². The van der Waals surface area contributed by atoms with Crippen LogP contribution in [0.2, 0.25) is 0 Å². The van der Waals surface area contributed by atoms with Crippen molar-refractivity contribution in [1.29, 1.82) is 0 Å². The van der Waals surface area contributed by atoms with Gasteiger partial charge in [0, 0.05) is 12.7 Å². The number of aliphatic hydroxyl groups is 1. The molecule has 0 bridgehead atoms. The van der Waals surface area contributed by atoms with Gasteiger partial charge in [0.25, 0.3) is 5.91 Å². The summed E-state index contributed by atoms with van der Waals surface area (Å²) in [7, 11) is 0. The van der Waals surface area contributed by atoms with Crippen LogP contribution in [0.5, 0.6) is 0 Å². The number of aromatic amines is 1. The highest BCUT2D eigenvalue weighted by atomic mass is 32.1. The molecule has 0 aliphatic rings. The monoisotopic (exact) mass is 327 g/mol. The average molecular weight is 327 g/mol. The Kier molecular flexibility index (Phi) is 4.85. The van der Waals surface area contributed by atoms with E-state index in [2.05, 4.69) is 10.2 Å². The van der Waals surface area contributed by atoms with Gasteiger partial charge in [-0.25, -0.2) is 0 Å². The van der Waals surface area contributed by atoms with Crippen LogP contribution in [0.25, 0.3) is 0 Å². The van der Waals surface area contributed by atoms with E-state index in [4.69, 9.17) is 0 Å². The Labute approximate surface area is 138 Å². The topological polar surface area (TPSA) is 69.2 Å². The summed E-state index contributed by atoms with van der Waals surface area (Å²) in [5.74, 6) is -0.180. The van der Waals surface area contributed by atoms with Gasteiger partial charge in [-0.1, -0.05) is 30.3 Å². The molecule has 2 N–H and O–H groups in total. The Hall–Kier alpha value is -2.44. The number of amides is 1. The molecule has 2 heterocycles. The van der Waals surface area contributed by atoms with E-state index in [0.29, 0.717) is 12.2 Å². The lowest BCUT2D eigenvalue weighted by Crippen LogP contribution is -2.34. The molecule has 1 aromatic carbocycles. The van der Waals surface area contributed by atoms with Crippen LogP contribution in [0.15, 0.2) is 59.4 Å². The molecule has 0 saturated carbocycles. The predicted octanol–water partition coefficient (Wildman–Crippen LogP) is 2.85. The average Bonchev–Trinajstić information content (AvgIpc) is 3.27. The molecule has 118 valence electrons. The molecule has 1 amide bonds. The second-order valence-corrected chi connectivity index (χ2v) is 5.99. The van der Waals surface area contributed by atoms with Gasteiger partial charge in [-0.2, -0.15) is 16.4 Å². The lowest BCUT2D eigenvalue weighted by Gasteiger charge is -2.25. The van der Waals surface area contributed by atoms with Crippen LogP contribution in [-0.4, -0.2) is 32.7 Å². The number of hydrogen-bond acceptors (Lipinski definition) is 4. The third kappa shape index (κ3) is 3.85. The van der Waals surface area contributed by atoms with Crippen LogP contribution < -0.4 is 0 Å². The van der Waals surface area contributed by atoms with E-state index < -0.39 is 6.10 Å². The van der Waals surface area contributed by atoms with Gasteiger partial charge in [-0.3, -0.25) is 9.89 Å². The number of H-pyrrole nitrogens is 1. The summed E-state index contributed by atoms with van der Waals surface area (Å²) in [5, 5.41) is 20.7. The van der Waals surface area contributed by atoms with E-state index in [1.165, 1.54) is 11.3 Å². The standard InChI is InChI=1S/C17H17N3O2S/c21-16(14-7-9-23-12-14)11-20(10-13-4-2-1-3-5-13)17(22)15-6-8-18-19-15/h1-9,12,16,21H,10-11H2,(H,18,19). The number of carbonyl (C=O) groups excluding carboxylic acids is 1. The zero-order chi connectivity index (χ0) is 16.1. The summed E-state index contributed by atoms with van der Waals surface area (Å²) >= 11 is 1.53. The van der Waals surface area contributed by atoms with Crippen molar-refractivity contribution < 1.29 is 9.90 Å². The second kappa shape index (κ2) is 7.21. The largest absolute Gasteiger partial charge is 0.387 e. The van der Waals surface area contributed by atoms with Crippen molar-refractivity contribution in [2.75, 3.05) is 6.54 Å². The number of aliphatic hydroxyl groups excluding tert-OH is 1. The van der Waals surface area contributed by atoms with Crippen molar-refractivity contribution in [3.8, 4) is 0 Å². The van der Waals surface area contributed by atoms with Crippen LogP contribution >= 0.6 is 11.3 Å². The summed E-state index contributed by atoms with van der Waals surface area (Å²) < 4.78 is 0. The predicted molar refractivity (Wildman–Crippen MR) is 89.0 cm³/mol. The highest BCUT2D eigenvalue weighted by Crippen LogP contribution is 2.19. The van der Waals surface area contributed by atoms with Crippen LogP contribution in [0.4, 0.5) is 0 Å². The fourth-order valence-corrected chi connectivity index (χ4v) is 3.05. The lowest BCUT2D eigenvalue weighted by molar-refractivity contribution is 0.0599. The maximum absolute atomic E-state index is 12.7. The Balaban J connectivity index is 1.79. The molecule has 5 nitrogen and oxygen atoms in total. The van der Waals surface area contributed by atoms with Crippen molar-refractivity contribution >= 4 is 17.2 Å². The summed E-state index contributed by atoms with van der Waals surface area (Å²) in [6.45, 7) is 0.656. The zero-order valence-corrected chi connectivity index (χ0v) is 13.2. The third-order valence-corrected chi connectivity index (χ3v) is 4.26. The summed E-state index contributed by atoms with van der Waals surface area (Å²) in [4.78, 5) is 14.3. The lowest BCUT2D eigenvalue weighted by atomic mass is 10.1. The quantitative estimate of drug-likeness (QED) is 0.731. The Morgan fingerprint density at radius 2 is 2.09 bits per heavy atom. The molecule has 1 atom stereocenters. The molecule has 6 heteroatoms. The minimum Gasteiger partial charge on any atom is -0.387 e. The molecule has 0 aliphatic heterocycles. The van der Waals surface area contributed by atoms with Gasteiger partial charge >= 0.3 is 0 Å². The minimum atomic E-state index is -0.711. The van der Waals surface area contributed by atoms with Crippen LogP contribution in [-0.2, 0) is 6.54 Å². The van der Waals surface area contributed by atoms with E-state index in [1.807, 2.05) is 47.2 Å². The summed E-state index contributed by atoms with van der Waals surface area (Å²) in [5.41, 5.74) is 2.25. The number of thiophene rings is 1. The van der Waals surface area contributed by atoms with Gasteiger partial charge in [0.1, 0.15) is 5.69 Å². The molecular formula is C17H17N3O2S. The number of nitrogens with one attached hydrogen (secondary N) is 1. The maximum atomic E-state index is 12.7. The highest BCUT2D eigenvalue weighted by Gasteiger charge is 2.21. The molecule has 23 heavy (non-hydrogen) atoms. The van der Waals surface area contributed by atoms with Crippen molar-refractivity contribution in [3.63, 3.8) is 0 Å². The van der Waals surface area contributed by atoms with Crippen molar-refractivity contribution in [1.82, 2.24) is 15.1 Å². The molecule has 0 fully saturated rings. The first-order valence-electron chi connectivity index (χ1n) is 7.27. The van der Waals surface area contributed by atoms with Crippen LogP contribution in [0.1, 0.15) is 27.7 Å². The molecule has 1 unspecified atom stereocenters. The number of hydrogen-bond donors (Lipinski definition) is 2. The summed E-state index contributed by atoms with van der Waals surface area (Å²) in [6, 6.07) is 13.2. The Bertz CT molecular complexity index is 727. The second-order valence-electron chi connectivity index (χ2n) is 5.21. The van der Waals surface area contributed by atoms with E-state index in [9.17, 15) is 9.90 Å². The fourth-order valence-electron chi connectivity index (χ4n) is 2.35. The molecule has 3 rings (SSSR count). The number of carbonyl (C=O) groups is 1. The molecule has 0 spiro atoms. The van der Waals surface area contributed by atoms with Gasteiger partial charge < -0.3 is 10.0 Å². The van der Waals surface area contributed by atoms with Crippen molar-refractivity contribution in [3.05, 3.63) is 76.2 Å². The number of benzene rings is 1. The normalized spacial score (nSPS) is 12.0. The van der Waals surface area contributed by atoms with Crippen molar-refractivity contribution in [2.45, 2.75) is 12.6 Å². The minimum absolute atomic E-state index is 0.180. The Morgan fingerprint density at radius 1 is 1.26 bits per heavy atom. The van der Waals surface area contributed by atoms with Gasteiger partial charge in [0.05, 0.1) is 12.6 Å². The van der Waals surface area contributed by atoms with E-state index in [1.54, 1.807) is 17.2 Å². The van der Waals surface area contributed by atoms with E-state index in [-0.39, 0.29) is 12.5 Å². The SMILES string of the molecule is O=C(c1ccn[nH]1)N(Cc1ccccc1)CC(O)c1ccsc1. The maximum Gasteiger partial charge on any atom is 0.272 e. The first kappa shape index (κ1) is 15.5. The number of aromatic nitrogens is 2. The molecule has 0 aliphatic carbocycles. The molecule has 0 radical (unpaired) electrons. The van der Waals surface area contributed by atoms with Gasteiger partial charge in [-0.15, -0.1) is 0 Å². The first-order chi connectivity index (χ1) is 11.2. The van der Waals surface area contributed by atoms with Gasteiger partial charge in [-0.05, 0) is 34.0 Å². The molecule has 2 aromatic heterocycles.